The summed E-state index contributed by atoms with van der Waals surface area (Å²) in [5.74, 6) is 1.12. The molecule has 2 aromatic heterocycles. The van der Waals surface area contributed by atoms with Crippen molar-refractivity contribution < 1.29 is 19.1 Å². The number of anilines is 3. The molecular formula is C27H30N6O4. The lowest BCUT2D eigenvalue weighted by atomic mass is 9.92. The van der Waals surface area contributed by atoms with E-state index in [1.54, 1.807) is 19.2 Å². The third-order valence-corrected chi connectivity index (χ3v) is 6.47. The number of amides is 2. The first-order chi connectivity index (χ1) is 18.1. The third kappa shape index (κ3) is 6.34. The molecule has 0 bridgehead atoms. The summed E-state index contributed by atoms with van der Waals surface area (Å²) in [5, 5.41) is 11.9. The predicted octanol–water partition coefficient (Wildman–Crippen LogP) is 4.17. The van der Waals surface area contributed by atoms with Crippen molar-refractivity contribution in [2.24, 2.45) is 0 Å². The molecule has 2 amide bonds. The van der Waals surface area contributed by atoms with Gasteiger partial charge in [-0.05, 0) is 55.5 Å². The molecule has 10 heteroatoms. The van der Waals surface area contributed by atoms with Crippen LogP contribution in [0, 0.1) is 0 Å². The summed E-state index contributed by atoms with van der Waals surface area (Å²) >= 11 is 0. The molecule has 0 saturated heterocycles. The monoisotopic (exact) mass is 502 g/mol. The standard InChI is InChI=1S/C27H30N6O4/c1-36-25-10-4-9-21(30-25)18-6-2-5-17(13-18)15-28-19-7-3-8-20(14-19)37-27(35)32-23-12-11-22-26(31-23)33-24(34)16-29-22/h2,4-6,9-13,19-20,28-29H,3,7-8,14-16H2,1H3,(H2,31,32,33,34,35)/t19-,20+/m0/s1. The second-order valence-electron chi connectivity index (χ2n) is 9.16. The molecule has 10 nitrogen and oxygen atoms in total. The zero-order chi connectivity index (χ0) is 25.6. The van der Waals surface area contributed by atoms with Gasteiger partial charge in [0.05, 0.1) is 25.0 Å². The molecular weight excluding hydrogens is 472 g/mol. The van der Waals surface area contributed by atoms with E-state index < -0.39 is 6.09 Å². The number of hydrogen-bond donors (Lipinski definition) is 4. The summed E-state index contributed by atoms with van der Waals surface area (Å²) in [6.07, 6.45) is 2.82. The van der Waals surface area contributed by atoms with Crippen LogP contribution in [0.4, 0.5) is 22.1 Å². The highest BCUT2D eigenvalue weighted by molar-refractivity contribution is 5.99. The molecule has 1 fully saturated rings. The van der Waals surface area contributed by atoms with E-state index in [0.717, 1.165) is 42.5 Å². The lowest BCUT2D eigenvalue weighted by Crippen LogP contribution is -2.38. The van der Waals surface area contributed by atoms with Gasteiger partial charge in [-0.15, -0.1) is 0 Å². The highest BCUT2D eigenvalue weighted by Crippen LogP contribution is 2.26. The molecule has 1 aromatic carbocycles. The smallest absolute Gasteiger partial charge is 0.413 e. The van der Waals surface area contributed by atoms with Crippen molar-refractivity contribution >= 4 is 29.3 Å². The van der Waals surface area contributed by atoms with Crippen molar-refractivity contribution in [3.8, 4) is 17.1 Å². The van der Waals surface area contributed by atoms with E-state index in [-0.39, 0.29) is 24.6 Å². The normalized spacial score (nSPS) is 18.7. The Hall–Kier alpha value is -4.18. The number of nitrogens with one attached hydrogen (secondary N) is 4. The Kier molecular flexibility index (Phi) is 7.46. The van der Waals surface area contributed by atoms with Gasteiger partial charge in [-0.1, -0.05) is 24.3 Å². The minimum Gasteiger partial charge on any atom is -0.481 e. The molecule has 0 spiro atoms. The number of fused-ring (bicyclic) bond motifs is 1. The van der Waals surface area contributed by atoms with Crippen LogP contribution in [0.15, 0.2) is 54.6 Å². The highest BCUT2D eigenvalue weighted by atomic mass is 16.6. The second kappa shape index (κ2) is 11.3. The fourth-order valence-corrected chi connectivity index (χ4v) is 4.63. The second-order valence-corrected chi connectivity index (χ2v) is 9.16. The summed E-state index contributed by atoms with van der Waals surface area (Å²) in [6.45, 7) is 0.908. The molecule has 3 heterocycles. The first-order valence-corrected chi connectivity index (χ1v) is 12.4. The van der Waals surface area contributed by atoms with Crippen LogP contribution >= 0.6 is 0 Å². The lowest BCUT2D eigenvalue weighted by Gasteiger charge is -2.29. The minimum atomic E-state index is -0.549. The number of carbonyl (C=O) groups is 2. The minimum absolute atomic E-state index is 0.177. The van der Waals surface area contributed by atoms with Crippen molar-refractivity contribution in [1.82, 2.24) is 15.3 Å². The van der Waals surface area contributed by atoms with Gasteiger partial charge in [0.2, 0.25) is 11.8 Å². The zero-order valence-corrected chi connectivity index (χ0v) is 20.6. The first kappa shape index (κ1) is 24.5. The topological polar surface area (TPSA) is 127 Å². The zero-order valence-electron chi connectivity index (χ0n) is 20.6. The van der Waals surface area contributed by atoms with Crippen LogP contribution in [-0.4, -0.2) is 47.8 Å². The van der Waals surface area contributed by atoms with Gasteiger partial charge in [0, 0.05) is 24.2 Å². The van der Waals surface area contributed by atoms with Crippen LogP contribution in [0.3, 0.4) is 0 Å². The maximum absolute atomic E-state index is 12.5. The highest BCUT2D eigenvalue weighted by Gasteiger charge is 2.25. The fraction of sp³-hybridized carbons (Fsp3) is 0.333. The number of hydrogen-bond acceptors (Lipinski definition) is 8. The summed E-state index contributed by atoms with van der Waals surface area (Å²) < 4.78 is 10.9. The van der Waals surface area contributed by atoms with E-state index in [1.165, 1.54) is 0 Å². The van der Waals surface area contributed by atoms with Crippen molar-refractivity contribution in [2.75, 3.05) is 29.6 Å². The van der Waals surface area contributed by atoms with Crippen LogP contribution in [-0.2, 0) is 16.1 Å². The number of pyridine rings is 2. The maximum Gasteiger partial charge on any atom is 0.413 e. The third-order valence-electron chi connectivity index (χ3n) is 6.47. The lowest BCUT2D eigenvalue weighted by molar-refractivity contribution is -0.114. The van der Waals surface area contributed by atoms with Gasteiger partial charge >= 0.3 is 6.09 Å². The molecule has 1 aliphatic heterocycles. The van der Waals surface area contributed by atoms with Crippen LogP contribution in [0.25, 0.3) is 11.3 Å². The molecule has 192 valence electrons. The molecule has 0 unspecified atom stereocenters. The largest absolute Gasteiger partial charge is 0.481 e. The van der Waals surface area contributed by atoms with Crippen LogP contribution in [0.2, 0.25) is 0 Å². The summed E-state index contributed by atoms with van der Waals surface area (Å²) in [4.78, 5) is 32.9. The van der Waals surface area contributed by atoms with E-state index >= 15 is 0 Å². The number of methoxy groups -OCH3 is 1. The molecule has 0 radical (unpaired) electrons. The van der Waals surface area contributed by atoms with E-state index in [1.807, 2.05) is 30.3 Å². The van der Waals surface area contributed by atoms with E-state index in [0.29, 0.717) is 29.7 Å². The molecule has 2 atom stereocenters. The first-order valence-electron chi connectivity index (χ1n) is 12.4. The van der Waals surface area contributed by atoms with E-state index in [4.69, 9.17) is 9.47 Å². The van der Waals surface area contributed by atoms with E-state index in [2.05, 4.69) is 43.4 Å². The van der Waals surface area contributed by atoms with Gasteiger partial charge in [-0.25, -0.2) is 14.8 Å². The predicted molar refractivity (Wildman–Crippen MR) is 141 cm³/mol. The van der Waals surface area contributed by atoms with Gasteiger partial charge in [0.25, 0.3) is 0 Å². The summed E-state index contributed by atoms with van der Waals surface area (Å²) in [7, 11) is 1.61. The summed E-state index contributed by atoms with van der Waals surface area (Å²) in [6, 6.07) is 17.7. The van der Waals surface area contributed by atoms with Crippen LogP contribution in [0.5, 0.6) is 5.88 Å². The molecule has 1 aliphatic carbocycles. The SMILES string of the molecule is COc1cccc(-c2cccc(CN[C@H]3CCC[C@@H](OC(=O)Nc4ccc5c(n4)NC(=O)CN5)C3)c2)n1. The van der Waals surface area contributed by atoms with Gasteiger partial charge in [0.15, 0.2) is 5.82 Å². The van der Waals surface area contributed by atoms with Gasteiger partial charge in [0.1, 0.15) is 11.9 Å². The number of carbonyl (C=O) groups excluding carboxylic acids is 2. The average Bonchev–Trinajstić information content (AvgIpc) is 2.92. The molecule has 2 aliphatic rings. The molecule has 4 N–H and O–H groups in total. The Balaban J connectivity index is 1.13. The Morgan fingerprint density at radius 3 is 2.89 bits per heavy atom. The Labute approximate surface area is 215 Å². The Morgan fingerprint density at radius 1 is 1.11 bits per heavy atom. The van der Waals surface area contributed by atoms with Crippen molar-refractivity contribution in [2.45, 2.75) is 44.4 Å². The van der Waals surface area contributed by atoms with Gasteiger partial charge in [-0.2, -0.15) is 0 Å². The quantitative estimate of drug-likeness (QED) is 0.379. The number of rotatable bonds is 7. The summed E-state index contributed by atoms with van der Waals surface area (Å²) in [5.41, 5.74) is 3.77. The number of benzene rings is 1. The Bertz CT molecular complexity index is 1280. The number of ether oxygens (including phenoxy) is 2. The van der Waals surface area contributed by atoms with Gasteiger partial charge < -0.3 is 25.4 Å². The fourth-order valence-electron chi connectivity index (χ4n) is 4.63. The molecule has 37 heavy (non-hydrogen) atoms. The molecule has 3 aromatic rings. The van der Waals surface area contributed by atoms with Gasteiger partial charge in [-0.3, -0.25) is 10.1 Å². The molecule has 5 rings (SSSR count). The van der Waals surface area contributed by atoms with Crippen molar-refractivity contribution in [3.05, 3.63) is 60.2 Å². The van der Waals surface area contributed by atoms with Crippen LogP contribution in [0.1, 0.15) is 31.2 Å². The average molecular weight is 503 g/mol. The number of aromatic nitrogens is 2. The van der Waals surface area contributed by atoms with Crippen LogP contribution < -0.4 is 26.0 Å². The van der Waals surface area contributed by atoms with E-state index in [9.17, 15) is 9.59 Å². The Morgan fingerprint density at radius 2 is 2.00 bits per heavy atom. The maximum atomic E-state index is 12.5. The molecule has 1 saturated carbocycles. The number of nitrogens with zero attached hydrogens (tertiary/aromatic N) is 2. The van der Waals surface area contributed by atoms with Crippen molar-refractivity contribution in [1.29, 1.82) is 0 Å². The van der Waals surface area contributed by atoms with Crippen molar-refractivity contribution in [3.63, 3.8) is 0 Å².